The fourth-order valence-corrected chi connectivity index (χ4v) is 4.30. The molecule has 0 bridgehead atoms. The lowest BCUT2D eigenvalue weighted by molar-refractivity contribution is 0.102. The van der Waals surface area contributed by atoms with Crippen LogP contribution in [-0.4, -0.2) is 24.0 Å². The van der Waals surface area contributed by atoms with Crippen LogP contribution in [0.5, 0.6) is 0 Å². The van der Waals surface area contributed by atoms with Gasteiger partial charge in [0.05, 0.1) is 5.69 Å². The van der Waals surface area contributed by atoms with Gasteiger partial charge in [0.25, 0.3) is 5.91 Å². The van der Waals surface area contributed by atoms with E-state index in [1.54, 1.807) is 35.6 Å². The zero-order valence-electron chi connectivity index (χ0n) is 14.8. The van der Waals surface area contributed by atoms with Crippen LogP contribution in [0.25, 0.3) is 11.3 Å². The molecule has 1 aromatic heterocycles. The highest BCUT2D eigenvalue weighted by atomic mass is 35.5. The molecule has 138 valence electrons. The van der Waals surface area contributed by atoms with Crippen LogP contribution in [0.4, 0.5) is 10.8 Å². The van der Waals surface area contributed by atoms with Crippen LogP contribution in [0.2, 0.25) is 5.02 Å². The van der Waals surface area contributed by atoms with Crippen molar-refractivity contribution in [3.63, 3.8) is 0 Å². The fourth-order valence-electron chi connectivity index (χ4n) is 3.22. The summed E-state index contributed by atoms with van der Waals surface area (Å²) in [5.74, 6) is -0.179. The highest BCUT2D eigenvalue weighted by Gasteiger charge is 2.15. The van der Waals surface area contributed by atoms with E-state index >= 15 is 0 Å². The molecule has 1 N–H and O–H groups in total. The lowest BCUT2D eigenvalue weighted by Gasteiger charge is -2.25. The molecule has 1 saturated heterocycles. The second-order valence-corrected chi connectivity index (χ2v) is 7.88. The number of anilines is 2. The van der Waals surface area contributed by atoms with Crippen molar-refractivity contribution >= 4 is 39.7 Å². The van der Waals surface area contributed by atoms with Crippen molar-refractivity contribution in [1.29, 1.82) is 0 Å². The summed E-state index contributed by atoms with van der Waals surface area (Å²) in [5, 5.41) is 6.65. The molecule has 1 aliphatic heterocycles. The normalized spacial score (nSPS) is 14.2. The number of carbonyl (C=O) groups excluding carboxylic acids is 1. The average Bonchev–Trinajstić information content (AvgIpc) is 3.19. The summed E-state index contributed by atoms with van der Waals surface area (Å²) in [6.07, 6.45) is 3.78. The molecular formula is C21H20ClN3OS. The third-order valence-corrected chi connectivity index (χ3v) is 5.76. The van der Waals surface area contributed by atoms with Gasteiger partial charge in [0.2, 0.25) is 0 Å². The van der Waals surface area contributed by atoms with Crippen LogP contribution < -0.4 is 10.2 Å². The quantitative estimate of drug-likeness (QED) is 0.613. The number of aromatic nitrogens is 1. The van der Waals surface area contributed by atoms with Crippen LogP contribution in [0.1, 0.15) is 29.6 Å². The molecule has 1 aliphatic rings. The Morgan fingerprint density at radius 1 is 1.07 bits per heavy atom. The summed E-state index contributed by atoms with van der Waals surface area (Å²) in [6, 6.07) is 14.7. The molecule has 2 heterocycles. The molecule has 2 aromatic carbocycles. The first-order chi connectivity index (χ1) is 13.2. The van der Waals surface area contributed by atoms with Gasteiger partial charge in [-0.2, -0.15) is 0 Å². The fraction of sp³-hybridized carbons (Fsp3) is 0.238. The molecule has 0 saturated carbocycles. The van der Waals surface area contributed by atoms with Crippen LogP contribution >= 0.6 is 22.9 Å². The van der Waals surface area contributed by atoms with E-state index in [2.05, 4.69) is 15.6 Å². The Labute approximate surface area is 167 Å². The van der Waals surface area contributed by atoms with E-state index in [-0.39, 0.29) is 5.91 Å². The van der Waals surface area contributed by atoms with Gasteiger partial charge < -0.3 is 10.2 Å². The number of benzene rings is 2. The monoisotopic (exact) mass is 397 g/mol. The molecule has 3 aromatic rings. The second-order valence-electron chi connectivity index (χ2n) is 6.61. The van der Waals surface area contributed by atoms with E-state index < -0.39 is 0 Å². The van der Waals surface area contributed by atoms with E-state index in [4.69, 9.17) is 16.6 Å². The van der Waals surface area contributed by atoms with Gasteiger partial charge in [-0.05, 0) is 49.6 Å². The maximum atomic E-state index is 12.4. The van der Waals surface area contributed by atoms with Gasteiger partial charge in [0.1, 0.15) is 0 Å². The van der Waals surface area contributed by atoms with Gasteiger partial charge in [0.15, 0.2) is 5.13 Å². The number of hydrogen-bond acceptors (Lipinski definition) is 4. The van der Waals surface area contributed by atoms with Gasteiger partial charge >= 0.3 is 0 Å². The van der Waals surface area contributed by atoms with Crippen LogP contribution in [-0.2, 0) is 0 Å². The van der Waals surface area contributed by atoms with E-state index in [9.17, 15) is 4.79 Å². The predicted octanol–water partition coefficient (Wildman–Crippen LogP) is 5.71. The van der Waals surface area contributed by atoms with Crippen molar-refractivity contribution in [3.05, 3.63) is 64.5 Å². The average molecular weight is 398 g/mol. The number of piperidine rings is 1. The van der Waals surface area contributed by atoms with Crippen molar-refractivity contribution in [2.45, 2.75) is 19.3 Å². The first-order valence-corrected chi connectivity index (χ1v) is 10.3. The van der Waals surface area contributed by atoms with E-state index in [0.717, 1.165) is 35.2 Å². The summed E-state index contributed by atoms with van der Waals surface area (Å²) in [4.78, 5) is 19.6. The zero-order valence-corrected chi connectivity index (χ0v) is 16.4. The number of nitrogens with one attached hydrogen (secondary N) is 1. The molecule has 0 aliphatic carbocycles. The molecule has 27 heavy (non-hydrogen) atoms. The van der Waals surface area contributed by atoms with Crippen molar-refractivity contribution in [3.8, 4) is 11.3 Å². The Bertz CT molecular complexity index is 950. The molecule has 4 rings (SSSR count). The number of nitrogens with zero attached hydrogens (tertiary/aromatic N) is 2. The summed E-state index contributed by atoms with van der Waals surface area (Å²) in [6.45, 7) is 2.17. The minimum Gasteiger partial charge on any atom is -0.348 e. The lowest BCUT2D eigenvalue weighted by Crippen LogP contribution is -2.29. The minimum absolute atomic E-state index is 0.179. The standard InChI is InChI=1S/C21H20ClN3OS/c22-17-8-4-7-16(12-17)20(26)23-18-9-5-6-15(13-18)19-14-27-21(24-19)25-10-2-1-3-11-25/h4-9,12-14H,1-3,10-11H2,(H,23,26). The number of hydrogen-bond donors (Lipinski definition) is 1. The van der Waals surface area contributed by atoms with Crippen molar-refractivity contribution in [1.82, 2.24) is 4.98 Å². The van der Waals surface area contributed by atoms with E-state index in [0.29, 0.717) is 10.6 Å². The largest absolute Gasteiger partial charge is 0.348 e. The number of thiazole rings is 1. The Kier molecular flexibility index (Phi) is 5.41. The Balaban J connectivity index is 1.51. The lowest BCUT2D eigenvalue weighted by atomic mass is 10.1. The molecule has 6 heteroatoms. The summed E-state index contributed by atoms with van der Waals surface area (Å²) in [5.41, 5.74) is 3.22. The van der Waals surface area contributed by atoms with Gasteiger partial charge in [-0.25, -0.2) is 4.98 Å². The van der Waals surface area contributed by atoms with Gasteiger partial charge in [0, 0.05) is 40.3 Å². The predicted molar refractivity (Wildman–Crippen MR) is 113 cm³/mol. The van der Waals surface area contributed by atoms with Gasteiger partial charge in [-0.15, -0.1) is 11.3 Å². The topological polar surface area (TPSA) is 45.2 Å². The van der Waals surface area contributed by atoms with Crippen molar-refractivity contribution in [2.24, 2.45) is 0 Å². The summed E-state index contributed by atoms with van der Waals surface area (Å²) >= 11 is 7.65. The molecular weight excluding hydrogens is 378 g/mol. The Hall–Kier alpha value is -2.37. The molecule has 0 atom stereocenters. The zero-order chi connectivity index (χ0) is 18.6. The number of rotatable bonds is 4. The maximum Gasteiger partial charge on any atom is 0.255 e. The molecule has 0 radical (unpaired) electrons. The van der Waals surface area contributed by atoms with E-state index in [1.165, 1.54) is 19.3 Å². The molecule has 1 amide bonds. The molecule has 1 fully saturated rings. The highest BCUT2D eigenvalue weighted by molar-refractivity contribution is 7.14. The highest BCUT2D eigenvalue weighted by Crippen LogP contribution is 2.30. The summed E-state index contributed by atoms with van der Waals surface area (Å²) < 4.78 is 0. The SMILES string of the molecule is O=C(Nc1cccc(-c2csc(N3CCCCC3)n2)c1)c1cccc(Cl)c1. The van der Waals surface area contributed by atoms with E-state index in [1.807, 2.05) is 24.3 Å². The Morgan fingerprint density at radius 2 is 1.89 bits per heavy atom. The van der Waals surface area contributed by atoms with Crippen LogP contribution in [0.15, 0.2) is 53.9 Å². The first-order valence-electron chi connectivity index (χ1n) is 9.07. The van der Waals surface area contributed by atoms with Crippen molar-refractivity contribution in [2.75, 3.05) is 23.3 Å². The third-order valence-electron chi connectivity index (χ3n) is 4.62. The molecule has 4 nitrogen and oxygen atoms in total. The Morgan fingerprint density at radius 3 is 2.70 bits per heavy atom. The minimum atomic E-state index is -0.179. The first kappa shape index (κ1) is 18.0. The number of amides is 1. The van der Waals surface area contributed by atoms with Crippen LogP contribution in [0, 0.1) is 0 Å². The molecule has 0 spiro atoms. The number of halogens is 1. The molecule has 0 unspecified atom stereocenters. The summed E-state index contributed by atoms with van der Waals surface area (Å²) in [7, 11) is 0. The van der Waals surface area contributed by atoms with Gasteiger partial charge in [-0.1, -0.05) is 29.8 Å². The number of carbonyl (C=O) groups is 1. The second kappa shape index (κ2) is 8.11. The van der Waals surface area contributed by atoms with Crippen LogP contribution in [0.3, 0.4) is 0 Å². The van der Waals surface area contributed by atoms with Gasteiger partial charge in [-0.3, -0.25) is 4.79 Å². The smallest absolute Gasteiger partial charge is 0.255 e. The van der Waals surface area contributed by atoms with Crippen molar-refractivity contribution < 1.29 is 4.79 Å². The maximum absolute atomic E-state index is 12.4. The third kappa shape index (κ3) is 4.31.